The molecule has 0 unspecified atom stereocenters. The molecular weight excluding hydrogens is 1000 g/mol. The van der Waals surface area contributed by atoms with Gasteiger partial charge in [0, 0.05) is 38.2 Å². The number of benzene rings is 11. The van der Waals surface area contributed by atoms with Crippen LogP contribution in [-0.2, 0) is 0 Å². The lowest BCUT2D eigenvalue weighted by Crippen LogP contribution is -2.03. The third-order valence-electron chi connectivity index (χ3n) is 15.6. The molecule has 82 heavy (non-hydrogen) atoms. The molecule has 0 saturated heterocycles. The third-order valence-corrected chi connectivity index (χ3v) is 15.6. The molecule has 3 aromatic heterocycles. The highest BCUT2D eigenvalue weighted by Gasteiger charge is 2.24. The van der Waals surface area contributed by atoms with Crippen molar-refractivity contribution in [3.63, 3.8) is 0 Å². The predicted octanol–water partition coefficient (Wildman–Crippen LogP) is 17.8. The fourth-order valence-corrected chi connectivity index (χ4v) is 11.8. The van der Waals surface area contributed by atoms with Crippen LogP contribution in [0.2, 0.25) is 0 Å². The summed E-state index contributed by atoms with van der Waals surface area (Å²) in [6, 6.07) is 94.7. The highest BCUT2D eigenvalue weighted by Crippen LogP contribution is 2.43. The number of nitriles is 4. The van der Waals surface area contributed by atoms with Crippen LogP contribution in [0, 0.1) is 45.3 Å². The average molecular weight is 1040 g/mol. The van der Waals surface area contributed by atoms with Gasteiger partial charge in [0.05, 0.1) is 91.4 Å². The second kappa shape index (κ2) is 20.1. The summed E-state index contributed by atoms with van der Waals surface area (Å²) in [5.41, 5.74) is 18.6. The Labute approximate surface area is 472 Å². The Bertz CT molecular complexity index is 4580. The second-order valence-electron chi connectivity index (χ2n) is 20.1. The zero-order chi connectivity index (χ0) is 55.3. The first-order valence-corrected chi connectivity index (χ1v) is 26.8. The van der Waals surface area contributed by atoms with E-state index in [0.29, 0.717) is 33.8 Å². The second-order valence-corrected chi connectivity index (χ2v) is 20.1. The number of hydrogen-bond acceptors (Lipinski definition) is 6. The first-order chi connectivity index (χ1) is 40.5. The summed E-state index contributed by atoms with van der Waals surface area (Å²) in [4.78, 5) is 11.1. The van der Waals surface area contributed by atoms with E-state index < -0.39 is 0 Å². The van der Waals surface area contributed by atoms with E-state index in [1.807, 2.05) is 140 Å². The van der Waals surface area contributed by atoms with Crippen molar-refractivity contribution in [2.75, 3.05) is 0 Å². The van der Waals surface area contributed by atoms with Crippen LogP contribution in [0.4, 0.5) is 0 Å². The van der Waals surface area contributed by atoms with Gasteiger partial charge < -0.3 is 9.13 Å². The molecule has 11 aromatic carbocycles. The lowest BCUT2D eigenvalue weighted by Gasteiger charge is -2.18. The SMILES string of the molecule is N#Cc1ccccc1-c1ccc2c3ccc(-c4ccccc4C#N)cc3n(-c3ccccc3-c3cc(-c4ccccc4)nc(-c4ccccc4-n4c5cc(-c6ccccc6C#N)ccc5c5ccc(-c6ccccc6C#N)cc54)n3)c2c1. The van der Waals surface area contributed by atoms with Crippen LogP contribution >= 0.6 is 0 Å². The fraction of sp³-hybridized carbons (Fsp3) is 0. The molecule has 0 N–H and O–H groups in total. The first kappa shape index (κ1) is 48.4. The molecule has 0 radical (unpaired) electrons. The number of rotatable bonds is 9. The maximum atomic E-state index is 10.3. The summed E-state index contributed by atoms with van der Waals surface area (Å²) >= 11 is 0. The molecule has 0 amide bonds. The van der Waals surface area contributed by atoms with E-state index in [1.54, 1.807) is 0 Å². The summed E-state index contributed by atoms with van der Waals surface area (Å²) < 4.78 is 4.56. The number of fused-ring (bicyclic) bond motifs is 6. The summed E-state index contributed by atoms with van der Waals surface area (Å²) in [6.07, 6.45) is 0. The Balaban J connectivity index is 1.03. The summed E-state index contributed by atoms with van der Waals surface area (Å²) in [7, 11) is 0. The molecule has 378 valence electrons. The third kappa shape index (κ3) is 8.13. The maximum Gasteiger partial charge on any atom is 0.162 e. The summed E-state index contributed by atoms with van der Waals surface area (Å²) in [5.74, 6) is 0.502. The molecule has 3 heterocycles. The van der Waals surface area contributed by atoms with Crippen LogP contribution in [-0.4, -0.2) is 19.1 Å². The van der Waals surface area contributed by atoms with E-state index in [4.69, 9.17) is 9.97 Å². The maximum absolute atomic E-state index is 10.3. The van der Waals surface area contributed by atoms with Crippen LogP contribution in [0.25, 0.3) is 133 Å². The molecule has 0 aliphatic carbocycles. The van der Waals surface area contributed by atoms with Gasteiger partial charge in [-0.3, -0.25) is 0 Å². The van der Waals surface area contributed by atoms with Gasteiger partial charge in [0.15, 0.2) is 5.82 Å². The zero-order valence-corrected chi connectivity index (χ0v) is 43.8. The molecule has 0 bridgehead atoms. The number of nitrogens with zero attached hydrogens (tertiary/aromatic N) is 8. The molecule has 0 atom stereocenters. The Morgan fingerprint density at radius 1 is 0.256 bits per heavy atom. The van der Waals surface area contributed by atoms with Gasteiger partial charge >= 0.3 is 0 Å². The van der Waals surface area contributed by atoms with Crippen LogP contribution in [0.1, 0.15) is 22.3 Å². The first-order valence-electron chi connectivity index (χ1n) is 26.8. The van der Waals surface area contributed by atoms with Gasteiger partial charge in [-0.05, 0) is 117 Å². The molecule has 14 aromatic rings. The van der Waals surface area contributed by atoms with Crippen molar-refractivity contribution in [2.45, 2.75) is 0 Å². The largest absolute Gasteiger partial charge is 0.309 e. The quantitative estimate of drug-likeness (QED) is 0.141. The lowest BCUT2D eigenvalue weighted by molar-refractivity contribution is 1.13. The molecule has 14 rings (SSSR count). The van der Waals surface area contributed by atoms with E-state index in [-0.39, 0.29) is 0 Å². The van der Waals surface area contributed by atoms with Gasteiger partial charge in [-0.2, -0.15) is 21.0 Å². The zero-order valence-electron chi connectivity index (χ0n) is 43.8. The van der Waals surface area contributed by atoms with Gasteiger partial charge in [0.2, 0.25) is 0 Å². The van der Waals surface area contributed by atoms with Crippen molar-refractivity contribution in [3.8, 4) is 114 Å². The minimum atomic E-state index is 0.502. The summed E-state index contributed by atoms with van der Waals surface area (Å²) in [6.45, 7) is 0. The van der Waals surface area contributed by atoms with Gasteiger partial charge in [0.1, 0.15) is 0 Å². The Morgan fingerprint density at radius 3 is 0.939 bits per heavy atom. The number of para-hydroxylation sites is 2. The van der Waals surface area contributed by atoms with Crippen LogP contribution < -0.4 is 0 Å². The van der Waals surface area contributed by atoms with Gasteiger partial charge in [-0.1, -0.05) is 182 Å². The predicted molar refractivity (Wildman–Crippen MR) is 328 cm³/mol. The fourth-order valence-electron chi connectivity index (χ4n) is 11.8. The smallest absolute Gasteiger partial charge is 0.162 e. The molecule has 0 spiro atoms. The number of aromatic nitrogens is 4. The van der Waals surface area contributed by atoms with Crippen molar-refractivity contribution in [1.82, 2.24) is 19.1 Å². The van der Waals surface area contributed by atoms with E-state index >= 15 is 0 Å². The molecule has 0 saturated carbocycles. The highest BCUT2D eigenvalue weighted by atomic mass is 15.0. The molecular formula is C74H42N8. The van der Waals surface area contributed by atoms with Crippen molar-refractivity contribution < 1.29 is 0 Å². The van der Waals surface area contributed by atoms with E-state index in [0.717, 1.165) is 122 Å². The van der Waals surface area contributed by atoms with Crippen LogP contribution in [0.15, 0.2) is 255 Å². The standard InChI is InChI=1S/C74H42N8/c75-43-52-18-4-8-22-56(52)48-30-34-60-61-35-31-49(57-23-9-5-19-53(57)44-76)39-71(61)81(70(60)38-48)68-28-14-12-26-64(68)67-42-66(47-16-2-1-3-17-47)79-74(80-67)65-27-13-15-29-69(65)82-72-40-50(58-24-10-6-20-54(58)45-77)32-36-62(72)63-37-33-51(41-73(63)82)59-25-11-7-21-55(59)46-78/h1-42H. The molecule has 0 aliphatic heterocycles. The Hall–Kier alpha value is -11.9. The van der Waals surface area contributed by atoms with Crippen LogP contribution in [0.3, 0.4) is 0 Å². The van der Waals surface area contributed by atoms with E-state index in [1.165, 1.54) is 0 Å². The minimum absolute atomic E-state index is 0.502. The monoisotopic (exact) mass is 1040 g/mol. The summed E-state index contributed by atoms with van der Waals surface area (Å²) in [5, 5.41) is 45.2. The Kier molecular flexibility index (Phi) is 11.9. The lowest BCUT2D eigenvalue weighted by atomic mass is 9.98. The molecule has 8 nitrogen and oxygen atoms in total. The van der Waals surface area contributed by atoms with Crippen molar-refractivity contribution >= 4 is 43.6 Å². The van der Waals surface area contributed by atoms with Crippen LogP contribution in [0.5, 0.6) is 0 Å². The van der Waals surface area contributed by atoms with Gasteiger partial charge in [-0.15, -0.1) is 0 Å². The van der Waals surface area contributed by atoms with Crippen molar-refractivity contribution in [2.24, 2.45) is 0 Å². The van der Waals surface area contributed by atoms with Gasteiger partial charge in [0.25, 0.3) is 0 Å². The van der Waals surface area contributed by atoms with Gasteiger partial charge in [-0.25, -0.2) is 9.97 Å². The van der Waals surface area contributed by atoms with Crippen molar-refractivity contribution in [1.29, 1.82) is 21.0 Å². The molecule has 0 aliphatic rings. The number of hydrogen-bond donors (Lipinski definition) is 0. The highest BCUT2D eigenvalue weighted by molar-refractivity contribution is 6.13. The van der Waals surface area contributed by atoms with E-state index in [9.17, 15) is 21.0 Å². The van der Waals surface area contributed by atoms with E-state index in [2.05, 4.69) is 149 Å². The van der Waals surface area contributed by atoms with Crippen molar-refractivity contribution in [3.05, 3.63) is 277 Å². The molecule has 0 fully saturated rings. The Morgan fingerprint density at radius 2 is 0.561 bits per heavy atom. The average Bonchev–Trinajstić information content (AvgIpc) is 4.26. The minimum Gasteiger partial charge on any atom is -0.309 e. The normalized spacial score (nSPS) is 11.1. The molecule has 8 heteroatoms. The topological polar surface area (TPSA) is 131 Å².